The van der Waals surface area contributed by atoms with Gasteiger partial charge in [0.1, 0.15) is 0 Å². The van der Waals surface area contributed by atoms with Crippen LogP contribution in [-0.2, 0) is 4.79 Å². The summed E-state index contributed by atoms with van der Waals surface area (Å²) in [4.78, 5) is 10.5. The minimum atomic E-state index is -0.0869. The number of hydrogen-bond acceptors (Lipinski definition) is 3. The molecule has 0 aromatic carbocycles. The molecule has 0 spiro atoms. The molecule has 60 valence electrons. The molecular weight excluding hydrogens is 130 g/mol. The second kappa shape index (κ2) is 5.20. The van der Waals surface area contributed by atoms with Crippen LogP contribution >= 0.6 is 0 Å². The van der Waals surface area contributed by atoms with Gasteiger partial charge >= 0.3 is 0 Å². The molecule has 0 aliphatic heterocycles. The maximum absolute atomic E-state index is 10.5. The summed E-state index contributed by atoms with van der Waals surface area (Å²) in [6.07, 6.45) is 0.895. The fourth-order valence-electron chi connectivity index (χ4n) is 0.584. The summed E-state index contributed by atoms with van der Waals surface area (Å²) in [5.41, 5.74) is 0. The molecule has 10 heavy (non-hydrogen) atoms. The lowest BCUT2D eigenvalue weighted by atomic mass is 10.4. The molecule has 0 aromatic rings. The molecule has 4 nitrogen and oxygen atoms in total. The normalized spacial score (nSPS) is 9.50. The molecule has 0 unspecified atom stereocenters. The van der Waals surface area contributed by atoms with Crippen molar-refractivity contribution in [3.05, 3.63) is 0 Å². The third-order valence-electron chi connectivity index (χ3n) is 1.23. The first-order valence-corrected chi connectivity index (χ1v) is 3.36. The van der Waals surface area contributed by atoms with E-state index in [1.165, 1.54) is 11.9 Å². The number of nitrogens with one attached hydrogen (secondary N) is 1. The highest BCUT2D eigenvalue weighted by Crippen LogP contribution is 1.82. The molecule has 4 heteroatoms. The van der Waals surface area contributed by atoms with Gasteiger partial charge in [-0.2, -0.15) is 0 Å². The summed E-state index contributed by atoms with van der Waals surface area (Å²) in [5, 5.41) is 4.19. The number of hydrogen-bond donors (Lipinski definition) is 2. The summed E-state index contributed by atoms with van der Waals surface area (Å²) in [6.45, 7) is 2.97. The quantitative estimate of drug-likeness (QED) is 0.238. The monoisotopic (exact) mass is 145 g/mol. The largest absolute Gasteiger partial charge is 0.320 e. The van der Waals surface area contributed by atoms with Crippen LogP contribution in [0.3, 0.4) is 0 Å². The third-order valence-corrected chi connectivity index (χ3v) is 1.23. The summed E-state index contributed by atoms with van der Waals surface area (Å²) in [7, 11) is 1.87. The Kier molecular flexibility index (Phi) is 4.88. The number of amides is 1. The molecule has 0 atom stereocenters. The summed E-state index contributed by atoms with van der Waals surface area (Å²) in [6, 6.07) is 0. The lowest BCUT2D eigenvalue weighted by Gasteiger charge is -2.12. The van der Waals surface area contributed by atoms with E-state index in [-0.39, 0.29) is 5.91 Å². The average Bonchev–Trinajstić information content (AvgIpc) is 1.88. The number of nitrogens with two attached hydrogens (primary N) is 1. The molecule has 3 N–H and O–H groups in total. The van der Waals surface area contributed by atoms with Crippen LogP contribution in [0.15, 0.2) is 0 Å². The van der Waals surface area contributed by atoms with Crippen molar-refractivity contribution in [1.82, 2.24) is 10.3 Å². The lowest BCUT2D eigenvalue weighted by molar-refractivity contribution is -0.129. The van der Waals surface area contributed by atoms with Crippen LogP contribution in [0.25, 0.3) is 0 Å². The van der Waals surface area contributed by atoms with Crippen molar-refractivity contribution >= 4 is 5.91 Å². The Balaban J connectivity index is 3.21. The maximum atomic E-state index is 10.5. The van der Waals surface area contributed by atoms with E-state index in [4.69, 9.17) is 5.84 Å². The Morgan fingerprint density at radius 2 is 2.30 bits per heavy atom. The second-order valence-electron chi connectivity index (χ2n) is 2.17. The fraction of sp³-hybridized carbons (Fsp3) is 0.833. The van der Waals surface area contributed by atoms with Crippen molar-refractivity contribution in [1.29, 1.82) is 0 Å². The zero-order chi connectivity index (χ0) is 7.98. The van der Waals surface area contributed by atoms with E-state index in [1.54, 1.807) is 0 Å². The fourth-order valence-corrected chi connectivity index (χ4v) is 0.584. The molecule has 0 aliphatic carbocycles. The molecule has 0 rings (SSSR count). The first kappa shape index (κ1) is 9.39. The van der Waals surface area contributed by atoms with E-state index in [2.05, 4.69) is 5.32 Å². The molecule has 0 saturated carbocycles. The minimum Gasteiger partial charge on any atom is -0.320 e. The van der Waals surface area contributed by atoms with Gasteiger partial charge in [0.05, 0.1) is 0 Å². The minimum absolute atomic E-state index is 0.0869. The molecular formula is C6H15N3O. The number of nitrogens with zero attached hydrogens (tertiary/aromatic N) is 1. The van der Waals surface area contributed by atoms with Gasteiger partial charge in [-0.15, -0.1) is 0 Å². The van der Waals surface area contributed by atoms with Gasteiger partial charge in [0.2, 0.25) is 5.91 Å². The number of hydrazine groups is 1. The lowest BCUT2D eigenvalue weighted by Crippen LogP contribution is -2.37. The van der Waals surface area contributed by atoms with E-state index in [0.29, 0.717) is 6.54 Å². The predicted molar refractivity (Wildman–Crippen MR) is 40.1 cm³/mol. The number of rotatable bonds is 4. The predicted octanol–water partition coefficient (Wildman–Crippen LogP) is -0.682. The molecule has 1 amide bonds. The van der Waals surface area contributed by atoms with Gasteiger partial charge < -0.3 is 5.32 Å². The molecule has 0 saturated heterocycles. The highest BCUT2D eigenvalue weighted by molar-refractivity contribution is 5.72. The molecule has 0 fully saturated rings. The molecule has 0 bridgehead atoms. The van der Waals surface area contributed by atoms with Gasteiger partial charge in [-0.05, 0) is 20.0 Å². The zero-order valence-corrected chi connectivity index (χ0v) is 6.55. The van der Waals surface area contributed by atoms with Crippen molar-refractivity contribution in [2.75, 3.05) is 20.1 Å². The van der Waals surface area contributed by atoms with Gasteiger partial charge in [-0.1, -0.05) is 0 Å². The van der Waals surface area contributed by atoms with Crippen LogP contribution in [0, 0.1) is 0 Å². The Morgan fingerprint density at radius 1 is 1.70 bits per heavy atom. The van der Waals surface area contributed by atoms with E-state index in [1.807, 2.05) is 7.05 Å². The van der Waals surface area contributed by atoms with Crippen molar-refractivity contribution < 1.29 is 4.79 Å². The zero-order valence-electron chi connectivity index (χ0n) is 6.55. The van der Waals surface area contributed by atoms with E-state index in [0.717, 1.165) is 13.0 Å². The van der Waals surface area contributed by atoms with Crippen LogP contribution in [-0.4, -0.2) is 31.1 Å². The Bertz CT molecular complexity index is 105. The molecule has 0 aliphatic rings. The summed E-state index contributed by atoms with van der Waals surface area (Å²) in [5.74, 6) is 5.23. The first-order valence-electron chi connectivity index (χ1n) is 3.36. The molecule has 0 heterocycles. The van der Waals surface area contributed by atoms with Gasteiger partial charge in [-0.25, -0.2) is 5.84 Å². The van der Waals surface area contributed by atoms with Gasteiger partial charge in [0.25, 0.3) is 0 Å². The van der Waals surface area contributed by atoms with Crippen LogP contribution in [0.5, 0.6) is 0 Å². The van der Waals surface area contributed by atoms with Crippen LogP contribution in [0.1, 0.15) is 13.3 Å². The van der Waals surface area contributed by atoms with Gasteiger partial charge in [-0.3, -0.25) is 9.80 Å². The average molecular weight is 145 g/mol. The highest BCUT2D eigenvalue weighted by Gasteiger charge is 1.99. The van der Waals surface area contributed by atoms with Crippen molar-refractivity contribution in [2.24, 2.45) is 5.84 Å². The Labute approximate surface area is 61.3 Å². The molecule has 0 aromatic heterocycles. The highest BCUT2D eigenvalue weighted by atomic mass is 16.2. The Hall–Kier alpha value is -0.610. The van der Waals surface area contributed by atoms with E-state index in [9.17, 15) is 4.79 Å². The van der Waals surface area contributed by atoms with Crippen LogP contribution < -0.4 is 11.2 Å². The summed E-state index contributed by atoms with van der Waals surface area (Å²) >= 11 is 0. The third kappa shape index (κ3) is 4.29. The molecule has 0 radical (unpaired) electrons. The topological polar surface area (TPSA) is 58.4 Å². The van der Waals surface area contributed by atoms with Crippen molar-refractivity contribution in [3.8, 4) is 0 Å². The van der Waals surface area contributed by atoms with Crippen LogP contribution in [0.2, 0.25) is 0 Å². The van der Waals surface area contributed by atoms with Crippen molar-refractivity contribution in [3.63, 3.8) is 0 Å². The van der Waals surface area contributed by atoms with E-state index >= 15 is 0 Å². The maximum Gasteiger partial charge on any atom is 0.233 e. The first-order chi connectivity index (χ1) is 4.68. The smallest absolute Gasteiger partial charge is 0.233 e. The van der Waals surface area contributed by atoms with Crippen LogP contribution in [0.4, 0.5) is 0 Å². The standard InChI is InChI=1S/C6H15N3O/c1-6(10)9(7)5-3-4-8-2/h8H,3-5,7H2,1-2H3. The summed E-state index contributed by atoms with van der Waals surface area (Å²) < 4.78 is 0. The second-order valence-corrected chi connectivity index (χ2v) is 2.17. The van der Waals surface area contributed by atoms with Crippen molar-refractivity contribution in [2.45, 2.75) is 13.3 Å². The van der Waals surface area contributed by atoms with Gasteiger partial charge in [0, 0.05) is 13.5 Å². The number of carbonyl (C=O) groups is 1. The van der Waals surface area contributed by atoms with E-state index < -0.39 is 0 Å². The van der Waals surface area contributed by atoms with Gasteiger partial charge in [0.15, 0.2) is 0 Å². The Morgan fingerprint density at radius 3 is 2.70 bits per heavy atom. The number of carbonyl (C=O) groups excluding carboxylic acids is 1. The SMILES string of the molecule is CNCCCN(N)C(C)=O.